The first kappa shape index (κ1) is 11.4. The molecule has 1 aromatic heterocycles. The van der Waals surface area contributed by atoms with Crippen molar-refractivity contribution >= 4 is 0 Å². The zero-order chi connectivity index (χ0) is 12.4. The average Bonchev–Trinajstić information content (AvgIpc) is 2.86. The number of pyridine rings is 1. The molecule has 1 fully saturated rings. The third-order valence-electron chi connectivity index (χ3n) is 3.33. The molecule has 2 N–H and O–H groups in total. The predicted octanol–water partition coefficient (Wildman–Crippen LogP) is 2.54. The maximum atomic E-state index is 6.05. The summed E-state index contributed by atoms with van der Waals surface area (Å²) in [6.07, 6.45) is 4.63. The summed E-state index contributed by atoms with van der Waals surface area (Å²) in [4.78, 5) is 4.30. The van der Waals surface area contributed by atoms with Gasteiger partial charge in [-0.3, -0.25) is 4.98 Å². The van der Waals surface area contributed by atoms with E-state index in [1.807, 2.05) is 30.6 Å². The van der Waals surface area contributed by atoms with Crippen LogP contribution >= 0.6 is 0 Å². The van der Waals surface area contributed by atoms with E-state index >= 15 is 0 Å². The minimum atomic E-state index is -0.0128. The highest BCUT2D eigenvalue weighted by Crippen LogP contribution is 2.29. The fourth-order valence-corrected chi connectivity index (χ4v) is 2.35. The van der Waals surface area contributed by atoms with Gasteiger partial charge < -0.3 is 10.5 Å². The van der Waals surface area contributed by atoms with Crippen molar-refractivity contribution in [3.63, 3.8) is 0 Å². The molecule has 1 aliphatic rings. The van der Waals surface area contributed by atoms with Crippen LogP contribution in [0, 0.1) is 0 Å². The summed E-state index contributed by atoms with van der Waals surface area (Å²) in [5, 5.41) is 0. The Morgan fingerprint density at radius 1 is 1.11 bits per heavy atom. The lowest BCUT2D eigenvalue weighted by molar-refractivity contribution is 0.105. The van der Waals surface area contributed by atoms with Crippen molar-refractivity contribution in [1.29, 1.82) is 0 Å². The quantitative estimate of drug-likeness (QED) is 0.877. The molecule has 0 saturated carbocycles. The largest absolute Gasteiger partial charge is 0.372 e. The van der Waals surface area contributed by atoms with E-state index < -0.39 is 0 Å². The molecule has 1 aliphatic heterocycles. The Balaban J connectivity index is 1.94. The number of rotatable bonds is 2. The lowest BCUT2D eigenvalue weighted by Crippen LogP contribution is -2.23. The summed E-state index contributed by atoms with van der Waals surface area (Å²) < 4.78 is 5.68. The fraction of sp³-hybridized carbons (Fsp3) is 0.267. The second-order valence-electron chi connectivity index (χ2n) is 4.62. The SMILES string of the molecule is N[C@@H]1CCO[C@H]1c1cncc(-c2ccccc2)c1. The Bertz CT molecular complexity index is 527. The summed E-state index contributed by atoms with van der Waals surface area (Å²) >= 11 is 0. The van der Waals surface area contributed by atoms with Crippen molar-refractivity contribution < 1.29 is 4.74 Å². The van der Waals surface area contributed by atoms with Gasteiger partial charge in [-0.15, -0.1) is 0 Å². The number of nitrogens with zero attached hydrogens (tertiary/aromatic N) is 1. The van der Waals surface area contributed by atoms with Gasteiger partial charge in [0.25, 0.3) is 0 Å². The Morgan fingerprint density at radius 3 is 2.67 bits per heavy atom. The summed E-state index contributed by atoms with van der Waals surface area (Å²) in [5.41, 5.74) is 9.39. The zero-order valence-corrected chi connectivity index (χ0v) is 10.1. The minimum absolute atomic E-state index is 0.0128. The molecule has 3 heteroatoms. The van der Waals surface area contributed by atoms with Crippen molar-refractivity contribution in [1.82, 2.24) is 4.98 Å². The maximum absolute atomic E-state index is 6.05. The van der Waals surface area contributed by atoms with Crippen LogP contribution in [0.2, 0.25) is 0 Å². The van der Waals surface area contributed by atoms with Gasteiger partial charge in [-0.05, 0) is 18.1 Å². The number of ether oxygens (including phenoxy) is 1. The molecule has 0 amide bonds. The van der Waals surface area contributed by atoms with Crippen LogP contribution in [0.4, 0.5) is 0 Å². The van der Waals surface area contributed by atoms with Crippen molar-refractivity contribution in [3.8, 4) is 11.1 Å². The highest BCUT2D eigenvalue weighted by molar-refractivity contribution is 5.62. The lowest BCUT2D eigenvalue weighted by atomic mass is 10.0. The Morgan fingerprint density at radius 2 is 1.94 bits per heavy atom. The van der Waals surface area contributed by atoms with Crippen molar-refractivity contribution in [2.24, 2.45) is 5.73 Å². The maximum Gasteiger partial charge on any atom is 0.0991 e. The van der Waals surface area contributed by atoms with Gasteiger partial charge in [0.2, 0.25) is 0 Å². The van der Waals surface area contributed by atoms with Gasteiger partial charge in [-0.1, -0.05) is 30.3 Å². The lowest BCUT2D eigenvalue weighted by Gasteiger charge is -2.15. The molecule has 2 aromatic rings. The molecule has 0 spiro atoms. The van der Waals surface area contributed by atoms with E-state index in [9.17, 15) is 0 Å². The highest BCUT2D eigenvalue weighted by Gasteiger charge is 2.26. The number of nitrogens with two attached hydrogens (primary N) is 1. The molecule has 3 nitrogen and oxygen atoms in total. The molecule has 0 unspecified atom stereocenters. The van der Waals surface area contributed by atoms with Crippen LogP contribution in [0.3, 0.4) is 0 Å². The minimum Gasteiger partial charge on any atom is -0.372 e. The van der Waals surface area contributed by atoms with Crippen LogP contribution in [-0.4, -0.2) is 17.6 Å². The molecule has 3 rings (SSSR count). The van der Waals surface area contributed by atoms with Crippen LogP contribution in [0.25, 0.3) is 11.1 Å². The highest BCUT2D eigenvalue weighted by atomic mass is 16.5. The van der Waals surface area contributed by atoms with Gasteiger partial charge in [0.05, 0.1) is 6.10 Å². The van der Waals surface area contributed by atoms with Crippen LogP contribution in [0.1, 0.15) is 18.1 Å². The van der Waals surface area contributed by atoms with Gasteiger partial charge in [-0.2, -0.15) is 0 Å². The first-order chi connectivity index (χ1) is 8.84. The van der Waals surface area contributed by atoms with E-state index in [2.05, 4.69) is 23.2 Å². The monoisotopic (exact) mass is 240 g/mol. The van der Waals surface area contributed by atoms with Crippen LogP contribution in [0.15, 0.2) is 48.8 Å². The Hall–Kier alpha value is -1.71. The Labute approximate surface area is 107 Å². The molecule has 0 aliphatic carbocycles. The second kappa shape index (κ2) is 4.88. The average molecular weight is 240 g/mol. The third kappa shape index (κ3) is 2.15. The molecule has 2 atom stereocenters. The Kier molecular flexibility index (Phi) is 3.09. The molecule has 1 saturated heterocycles. The van der Waals surface area contributed by atoms with Crippen molar-refractivity contribution in [3.05, 3.63) is 54.4 Å². The van der Waals surface area contributed by atoms with Gasteiger partial charge in [0.15, 0.2) is 0 Å². The third-order valence-corrected chi connectivity index (χ3v) is 3.33. The van der Waals surface area contributed by atoms with E-state index in [0.717, 1.165) is 24.2 Å². The molecule has 0 radical (unpaired) electrons. The fourth-order valence-electron chi connectivity index (χ4n) is 2.35. The van der Waals surface area contributed by atoms with Crippen molar-refractivity contribution in [2.75, 3.05) is 6.61 Å². The van der Waals surface area contributed by atoms with E-state index in [4.69, 9.17) is 10.5 Å². The summed E-state index contributed by atoms with van der Waals surface area (Å²) in [7, 11) is 0. The number of hydrogen-bond acceptors (Lipinski definition) is 3. The molecule has 1 aromatic carbocycles. The molecular weight excluding hydrogens is 224 g/mol. The van der Waals surface area contributed by atoms with Crippen LogP contribution in [-0.2, 0) is 4.74 Å². The van der Waals surface area contributed by atoms with Crippen LogP contribution in [0.5, 0.6) is 0 Å². The van der Waals surface area contributed by atoms with Crippen molar-refractivity contribution in [2.45, 2.75) is 18.6 Å². The normalized spacial score (nSPS) is 23.2. The number of aromatic nitrogens is 1. The smallest absolute Gasteiger partial charge is 0.0991 e. The summed E-state index contributed by atoms with van der Waals surface area (Å²) in [6, 6.07) is 12.4. The number of hydrogen-bond donors (Lipinski definition) is 1. The molecule has 2 heterocycles. The molecule has 18 heavy (non-hydrogen) atoms. The molecule has 92 valence electrons. The van der Waals surface area contributed by atoms with Gasteiger partial charge in [0, 0.05) is 36.2 Å². The van der Waals surface area contributed by atoms with E-state index in [1.54, 1.807) is 0 Å². The summed E-state index contributed by atoms with van der Waals surface area (Å²) in [6.45, 7) is 0.737. The first-order valence-electron chi connectivity index (χ1n) is 6.22. The number of benzene rings is 1. The van der Waals surface area contributed by atoms with E-state index in [-0.39, 0.29) is 12.1 Å². The first-order valence-corrected chi connectivity index (χ1v) is 6.22. The predicted molar refractivity (Wildman–Crippen MR) is 71.0 cm³/mol. The van der Waals surface area contributed by atoms with Gasteiger partial charge in [-0.25, -0.2) is 0 Å². The van der Waals surface area contributed by atoms with Gasteiger partial charge >= 0.3 is 0 Å². The zero-order valence-electron chi connectivity index (χ0n) is 10.1. The van der Waals surface area contributed by atoms with E-state index in [1.165, 1.54) is 5.56 Å². The van der Waals surface area contributed by atoms with Crippen LogP contribution < -0.4 is 5.73 Å². The molecule has 0 bridgehead atoms. The standard InChI is InChI=1S/C15H16N2O/c16-14-6-7-18-15(14)13-8-12(9-17-10-13)11-4-2-1-3-5-11/h1-5,8-10,14-15H,6-7,16H2/t14-,15+/m1/s1. The topological polar surface area (TPSA) is 48.1 Å². The van der Waals surface area contributed by atoms with Gasteiger partial charge in [0.1, 0.15) is 0 Å². The second-order valence-corrected chi connectivity index (χ2v) is 4.62. The summed E-state index contributed by atoms with van der Waals surface area (Å²) in [5.74, 6) is 0. The molecular formula is C15H16N2O. The van der Waals surface area contributed by atoms with E-state index in [0.29, 0.717) is 0 Å².